The first-order valence-electron chi connectivity index (χ1n) is 9.38. The van der Waals surface area contributed by atoms with Gasteiger partial charge in [-0.05, 0) is 37.1 Å². The van der Waals surface area contributed by atoms with Gasteiger partial charge in [0.05, 0.1) is 18.4 Å². The van der Waals surface area contributed by atoms with Crippen LogP contribution in [0.15, 0.2) is 30.3 Å². The van der Waals surface area contributed by atoms with E-state index in [-0.39, 0.29) is 6.10 Å². The average Bonchev–Trinajstić information content (AvgIpc) is 2.69. The second kappa shape index (κ2) is 9.34. The number of halogens is 1. The Morgan fingerprint density at radius 2 is 1.83 bits per heavy atom. The molecule has 2 aromatic rings. The van der Waals surface area contributed by atoms with Crippen molar-refractivity contribution < 1.29 is 29.9 Å². The van der Waals surface area contributed by atoms with E-state index in [1.54, 1.807) is 30.3 Å². The molecule has 0 aliphatic carbocycles. The summed E-state index contributed by atoms with van der Waals surface area (Å²) in [6.45, 7) is 3.32. The van der Waals surface area contributed by atoms with Gasteiger partial charge in [-0.15, -0.1) is 5.10 Å². The fraction of sp³-hybridized carbons (Fsp3) is 0.500. The minimum absolute atomic E-state index is 0.000173. The predicted molar refractivity (Wildman–Crippen MR) is 105 cm³/mol. The van der Waals surface area contributed by atoms with Gasteiger partial charge in [-0.2, -0.15) is 5.10 Å². The van der Waals surface area contributed by atoms with Crippen molar-refractivity contribution in [2.24, 2.45) is 0 Å². The van der Waals surface area contributed by atoms with Crippen molar-refractivity contribution in [1.29, 1.82) is 0 Å². The smallest absolute Gasteiger partial charge is 0.233 e. The first-order chi connectivity index (χ1) is 13.8. The van der Waals surface area contributed by atoms with E-state index in [0.717, 1.165) is 5.56 Å². The molecular formula is C20H25ClN2O6. The van der Waals surface area contributed by atoms with Gasteiger partial charge in [-0.1, -0.05) is 23.7 Å². The Morgan fingerprint density at radius 1 is 1.07 bits per heavy atom. The lowest BCUT2D eigenvalue weighted by Gasteiger charge is -2.40. The SMILES string of the molecule is CC(C)Oc1ccc(Cc2cc(C3OC(CO)C(O)C(O)C3O)ccc2Cl)nn1. The molecule has 8 nitrogen and oxygen atoms in total. The lowest BCUT2D eigenvalue weighted by molar-refractivity contribution is -0.231. The molecule has 1 saturated heterocycles. The second-order valence-electron chi connectivity index (χ2n) is 7.31. The quantitative estimate of drug-likeness (QED) is 0.541. The van der Waals surface area contributed by atoms with Gasteiger partial charge in [0.2, 0.25) is 5.88 Å². The molecule has 0 amide bonds. The zero-order chi connectivity index (χ0) is 21.1. The highest BCUT2D eigenvalue weighted by molar-refractivity contribution is 6.31. The van der Waals surface area contributed by atoms with Crippen LogP contribution in [0.5, 0.6) is 5.88 Å². The molecule has 0 bridgehead atoms. The molecule has 158 valence electrons. The zero-order valence-corrected chi connectivity index (χ0v) is 16.9. The fourth-order valence-electron chi connectivity index (χ4n) is 3.23. The number of nitrogens with zero attached hydrogens (tertiary/aromatic N) is 2. The Labute approximate surface area is 173 Å². The highest BCUT2D eigenvalue weighted by Gasteiger charge is 2.44. The lowest BCUT2D eigenvalue weighted by atomic mass is 9.90. The summed E-state index contributed by atoms with van der Waals surface area (Å²) in [5.41, 5.74) is 1.97. The third-order valence-corrected chi connectivity index (χ3v) is 5.08. The first kappa shape index (κ1) is 21.9. The number of aliphatic hydroxyl groups excluding tert-OH is 4. The van der Waals surface area contributed by atoms with E-state index >= 15 is 0 Å². The second-order valence-corrected chi connectivity index (χ2v) is 7.71. The summed E-state index contributed by atoms with van der Waals surface area (Å²) in [5, 5.41) is 48.4. The maximum absolute atomic E-state index is 10.3. The molecule has 1 fully saturated rings. The molecule has 0 radical (unpaired) electrons. The highest BCUT2D eigenvalue weighted by atomic mass is 35.5. The number of rotatable bonds is 6. The predicted octanol–water partition coefficient (Wildman–Crippen LogP) is 1.02. The van der Waals surface area contributed by atoms with E-state index in [9.17, 15) is 20.4 Å². The van der Waals surface area contributed by atoms with Gasteiger partial charge < -0.3 is 29.9 Å². The van der Waals surface area contributed by atoms with E-state index in [1.807, 2.05) is 13.8 Å². The zero-order valence-electron chi connectivity index (χ0n) is 16.1. The highest BCUT2D eigenvalue weighted by Crippen LogP contribution is 2.34. The van der Waals surface area contributed by atoms with Crippen LogP contribution in [0, 0.1) is 0 Å². The van der Waals surface area contributed by atoms with Crippen molar-refractivity contribution in [2.75, 3.05) is 6.61 Å². The number of ether oxygens (including phenoxy) is 2. The summed E-state index contributed by atoms with van der Waals surface area (Å²) in [5.74, 6) is 0.435. The van der Waals surface area contributed by atoms with Gasteiger partial charge in [0, 0.05) is 17.5 Å². The van der Waals surface area contributed by atoms with Crippen LogP contribution in [0.2, 0.25) is 5.02 Å². The third-order valence-electron chi connectivity index (χ3n) is 4.71. The van der Waals surface area contributed by atoms with Crippen LogP contribution in [0.1, 0.15) is 36.8 Å². The van der Waals surface area contributed by atoms with Crippen molar-refractivity contribution in [3.63, 3.8) is 0 Å². The van der Waals surface area contributed by atoms with Gasteiger partial charge in [0.25, 0.3) is 0 Å². The monoisotopic (exact) mass is 424 g/mol. The fourth-order valence-corrected chi connectivity index (χ4v) is 3.41. The molecule has 2 heterocycles. The standard InChI is InChI=1S/C20H25ClN2O6/c1-10(2)28-16-6-4-13(22-23-16)8-12-7-11(3-5-14(12)21)20-19(27)18(26)17(25)15(9-24)29-20/h3-7,10,15,17-20,24-27H,8-9H2,1-2H3. The molecular weight excluding hydrogens is 400 g/mol. The van der Waals surface area contributed by atoms with Crippen LogP contribution in [-0.4, -0.2) is 67.8 Å². The van der Waals surface area contributed by atoms with E-state index in [4.69, 9.17) is 21.1 Å². The molecule has 1 aliphatic rings. The molecule has 0 saturated carbocycles. The van der Waals surface area contributed by atoms with Crippen LogP contribution in [-0.2, 0) is 11.2 Å². The summed E-state index contributed by atoms with van der Waals surface area (Å²) < 4.78 is 11.1. The summed E-state index contributed by atoms with van der Waals surface area (Å²) in [6.07, 6.45) is -5.71. The largest absolute Gasteiger partial charge is 0.474 e. The molecule has 0 spiro atoms. The minimum atomic E-state index is -1.44. The average molecular weight is 425 g/mol. The number of benzene rings is 1. The van der Waals surface area contributed by atoms with Crippen LogP contribution in [0.25, 0.3) is 0 Å². The first-order valence-corrected chi connectivity index (χ1v) is 9.76. The van der Waals surface area contributed by atoms with Crippen molar-refractivity contribution in [1.82, 2.24) is 10.2 Å². The number of aliphatic hydroxyl groups is 4. The van der Waals surface area contributed by atoms with Gasteiger partial charge in [-0.25, -0.2) is 0 Å². The summed E-state index contributed by atoms with van der Waals surface area (Å²) in [6, 6.07) is 8.61. The summed E-state index contributed by atoms with van der Waals surface area (Å²) in [7, 11) is 0. The molecule has 5 unspecified atom stereocenters. The molecule has 3 rings (SSSR count). The summed E-state index contributed by atoms with van der Waals surface area (Å²) in [4.78, 5) is 0. The Morgan fingerprint density at radius 3 is 2.45 bits per heavy atom. The molecule has 1 aromatic heterocycles. The van der Waals surface area contributed by atoms with Crippen LogP contribution < -0.4 is 4.74 Å². The van der Waals surface area contributed by atoms with E-state index in [1.165, 1.54) is 0 Å². The normalized spacial score (nSPS) is 27.2. The van der Waals surface area contributed by atoms with Crippen LogP contribution >= 0.6 is 11.6 Å². The molecule has 9 heteroatoms. The third kappa shape index (κ3) is 5.03. The molecule has 4 N–H and O–H groups in total. The van der Waals surface area contributed by atoms with Gasteiger partial charge in [0.15, 0.2) is 0 Å². The molecule has 5 atom stereocenters. The van der Waals surface area contributed by atoms with Gasteiger partial charge in [0.1, 0.15) is 30.5 Å². The number of hydrogen-bond donors (Lipinski definition) is 4. The van der Waals surface area contributed by atoms with Crippen LogP contribution in [0.4, 0.5) is 0 Å². The molecule has 1 aromatic carbocycles. The Bertz CT molecular complexity index is 817. The molecule has 1 aliphatic heterocycles. The summed E-state index contributed by atoms with van der Waals surface area (Å²) >= 11 is 6.32. The van der Waals surface area contributed by atoms with Crippen molar-refractivity contribution in [2.45, 2.75) is 56.9 Å². The van der Waals surface area contributed by atoms with E-state index < -0.39 is 37.1 Å². The van der Waals surface area contributed by atoms with Crippen LogP contribution in [0.3, 0.4) is 0 Å². The maximum atomic E-state index is 10.3. The minimum Gasteiger partial charge on any atom is -0.474 e. The van der Waals surface area contributed by atoms with Gasteiger partial charge >= 0.3 is 0 Å². The lowest BCUT2D eigenvalue weighted by Crippen LogP contribution is -2.55. The topological polar surface area (TPSA) is 125 Å². The van der Waals surface area contributed by atoms with Crippen molar-refractivity contribution in [3.05, 3.63) is 52.2 Å². The number of hydrogen-bond acceptors (Lipinski definition) is 8. The number of aromatic nitrogens is 2. The molecule has 29 heavy (non-hydrogen) atoms. The Kier molecular flexibility index (Phi) is 7.05. The van der Waals surface area contributed by atoms with Crippen molar-refractivity contribution >= 4 is 11.6 Å². The maximum Gasteiger partial charge on any atom is 0.233 e. The van der Waals surface area contributed by atoms with E-state index in [0.29, 0.717) is 28.6 Å². The Hall–Kier alpha value is -1.81. The van der Waals surface area contributed by atoms with Crippen molar-refractivity contribution in [3.8, 4) is 5.88 Å². The van der Waals surface area contributed by atoms with E-state index in [2.05, 4.69) is 10.2 Å². The Balaban J connectivity index is 1.81. The van der Waals surface area contributed by atoms with Gasteiger partial charge in [-0.3, -0.25) is 0 Å².